The van der Waals surface area contributed by atoms with Crippen LogP contribution >= 0.6 is 0 Å². The Kier molecular flexibility index (Phi) is 2.34. The minimum absolute atomic E-state index is 0.364. The molecular weight excluding hydrogens is 226 g/mol. The van der Waals surface area contributed by atoms with Gasteiger partial charge in [0.05, 0.1) is 11.3 Å². The summed E-state index contributed by atoms with van der Waals surface area (Å²) in [6, 6.07) is 2.14. The first-order valence-corrected chi connectivity index (χ1v) is 6.59. The molecule has 18 heavy (non-hydrogen) atoms. The van der Waals surface area contributed by atoms with E-state index >= 15 is 0 Å². The van der Waals surface area contributed by atoms with Crippen LogP contribution < -0.4 is 5.32 Å². The van der Waals surface area contributed by atoms with Crippen molar-refractivity contribution in [2.45, 2.75) is 45.4 Å². The minimum Gasteiger partial charge on any atom is -0.318 e. The molecule has 0 saturated heterocycles. The SMILES string of the molecule is CCc1cc2c(c3c1C(=O)C(=O)N3)C(C)CC2C. The molecule has 2 aliphatic rings. The molecule has 1 N–H and O–H groups in total. The van der Waals surface area contributed by atoms with Crippen molar-refractivity contribution in [2.75, 3.05) is 5.32 Å². The molecule has 0 fully saturated rings. The van der Waals surface area contributed by atoms with Gasteiger partial charge in [-0.05, 0) is 41.4 Å². The number of rotatable bonds is 1. The van der Waals surface area contributed by atoms with Gasteiger partial charge in [-0.25, -0.2) is 0 Å². The molecule has 1 aromatic carbocycles. The number of anilines is 1. The summed E-state index contributed by atoms with van der Waals surface area (Å²) in [5, 5.41) is 2.78. The first-order chi connectivity index (χ1) is 8.54. The minimum atomic E-state index is -0.472. The van der Waals surface area contributed by atoms with Crippen LogP contribution in [0.3, 0.4) is 0 Å². The molecule has 0 saturated carbocycles. The van der Waals surface area contributed by atoms with Gasteiger partial charge in [-0.2, -0.15) is 0 Å². The molecule has 1 aliphatic heterocycles. The largest absolute Gasteiger partial charge is 0.318 e. The van der Waals surface area contributed by atoms with E-state index in [4.69, 9.17) is 0 Å². The number of ketones is 1. The van der Waals surface area contributed by atoms with Crippen molar-refractivity contribution in [3.05, 3.63) is 28.3 Å². The number of carbonyl (C=O) groups is 2. The molecule has 94 valence electrons. The Labute approximate surface area is 107 Å². The molecule has 3 nitrogen and oxygen atoms in total. The van der Waals surface area contributed by atoms with Crippen molar-refractivity contribution in [1.82, 2.24) is 0 Å². The molecule has 0 radical (unpaired) electrons. The number of hydrogen-bond donors (Lipinski definition) is 1. The topological polar surface area (TPSA) is 46.2 Å². The smallest absolute Gasteiger partial charge is 0.296 e. The van der Waals surface area contributed by atoms with Gasteiger partial charge in [0.1, 0.15) is 0 Å². The Balaban J connectivity index is 2.32. The van der Waals surface area contributed by atoms with E-state index in [2.05, 4.69) is 25.2 Å². The lowest BCUT2D eigenvalue weighted by atomic mass is 9.91. The van der Waals surface area contributed by atoms with Gasteiger partial charge in [-0.3, -0.25) is 9.59 Å². The fraction of sp³-hybridized carbons (Fsp3) is 0.467. The highest BCUT2D eigenvalue weighted by Gasteiger charge is 2.38. The van der Waals surface area contributed by atoms with Crippen molar-refractivity contribution in [2.24, 2.45) is 0 Å². The van der Waals surface area contributed by atoms with Crippen LogP contribution in [0.5, 0.6) is 0 Å². The van der Waals surface area contributed by atoms with Gasteiger partial charge >= 0.3 is 0 Å². The predicted molar refractivity (Wildman–Crippen MR) is 70.2 cm³/mol. The molecule has 1 aromatic rings. The van der Waals surface area contributed by atoms with Crippen LogP contribution in [-0.4, -0.2) is 11.7 Å². The van der Waals surface area contributed by atoms with Crippen molar-refractivity contribution in [1.29, 1.82) is 0 Å². The molecule has 1 aliphatic carbocycles. The van der Waals surface area contributed by atoms with Gasteiger partial charge in [0, 0.05) is 0 Å². The van der Waals surface area contributed by atoms with E-state index in [1.807, 2.05) is 6.92 Å². The number of carbonyl (C=O) groups excluding carboxylic acids is 2. The molecular formula is C15H17NO2. The molecule has 0 aromatic heterocycles. The van der Waals surface area contributed by atoms with Crippen LogP contribution in [0.25, 0.3) is 0 Å². The molecule has 1 amide bonds. The third-order valence-corrected chi connectivity index (χ3v) is 4.26. The third kappa shape index (κ3) is 1.30. The second kappa shape index (κ2) is 3.67. The second-order valence-electron chi connectivity index (χ2n) is 5.46. The Morgan fingerprint density at radius 1 is 1.28 bits per heavy atom. The van der Waals surface area contributed by atoms with E-state index in [-0.39, 0.29) is 5.78 Å². The zero-order valence-corrected chi connectivity index (χ0v) is 11.0. The lowest BCUT2D eigenvalue weighted by Gasteiger charge is -2.14. The van der Waals surface area contributed by atoms with E-state index in [0.29, 0.717) is 17.4 Å². The number of aryl methyl sites for hydroxylation is 1. The maximum Gasteiger partial charge on any atom is 0.296 e. The average Bonchev–Trinajstić information content (AvgIpc) is 2.78. The number of fused-ring (bicyclic) bond motifs is 3. The maximum absolute atomic E-state index is 12.0. The van der Waals surface area contributed by atoms with Crippen LogP contribution in [0.1, 0.15) is 66.1 Å². The highest BCUT2D eigenvalue weighted by Crippen LogP contribution is 2.48. The summed E-state index contributed by atoms with van der Waals surface area (Å²) in [6.45, 7) is 6.41. The van der Waals surface area contributed by atoms with Crippen LogP contribution in [0.15, 0.2) is 6.07 Å². The van der Waals surface area contributed by atoms with Crippen molar-refractivity contribution in [3.63, 3.8) is 0 Å². The quantitative estimate of drug-likeness (QED) is 0.771. The van der Waals surface area contributed by atoms with Gasteiger partial charge in [0.25, 0.3) is 11.7 Å². The molecule has 1 heterocycles. The average molecular weight is 243 g/mol. The summed E-state index contributed by atoms with van der Waals surface area (Å²) >= 11 is 0. The number of amides is 1. The van der Waals surface area contributed by atoms with Crippen molar-refractivity contribution < 1.29 is 9.59 Å². The summed E-state index contributed by atoms with van der Waals surface area (Å²) < 4.78 is 0. The van der Waals surface area contributed by atoms with E-state index in [1.54, 1.807) is 0 Å². The summed E-state index contributed by atoms with van der Waals surface area (Å²) in [4.78, 5) is 23.6. The highest BCUT2D eigenvalue weighted by atomic mass is 16.2. The van der Waals surface area contributed by atoms with Crippen LogP contribution in [0, 0.1) is 0 Å². The molecule has 3 heteroatoms. The van der Waals surface area contributed by atoms with Gasteiger partial charge in [-0.1, -0.05) is 26.8 Å². The normalized spacial score (nSPS) is 25.1. The maximum atomic E-state index is 12.0. The van der Waals surface area contributed by atoms with Crippen molar-refractivity contribution in [3.8, 4) is 0 Å². The first kappa shape index (κ1) is 11.5. The zero-order valence-electron chi connectivity index (χ0n) is 11.0. The molecule has 2 atom stereocenters. The second-order valence-corrected chi connectivity index (χ2v) is 5.46. The Bertz CT molecular complexity index is 574. The fourth-order valence-corrected chi connectivity index (χ4v) is 3.44. The molecule has 0 spiro atoms. The number of hydrogen-bond acceptors (Lipinski definition) is 2. The fourth-order valence-electron chi connectivity index (χ4n) is 3.44. The Hall–Kier alpha value is -1.64. The van der Waals surface area contributed by atoms with E-state index in [0.717, 1.165) is 24.1 Å². The number of benzene rings is 1. The standard InChI is InChI=1S/C15H17NO2/c1-4-9-6-10-7(2)5-8(3)11(10)13-12(9)14(17)15(18)16-13/h6-8H,4-5H2,1-3H3,(H,16,17,18). The zero-order chi connectivity index (χ0) is 13.0. The number of Topliss-reactive ketones (excluding diaryl/α,β-unsaturated/α-hetero) is 1. The van der Waals surface area contributed by atoms with Gasteiger partial charge in [0.2, 0.25) is 0 Å². The third-order valence-electron chi connectivity index (χ3n) is 4.26. The Morgan fingerprint density at radius 2 is 2.00 bits per heavy atom. The van der Waals surface area contributed by atoms with E-state index in [1.165, 1.54) is 11.1 Å². The highest BCUT2D eigenvalue weighted by molar-refractivity contribution is 6.52. The first-order valence-electron chi connectivity index (χ1n) is 6.59. The molecule has 3 rings (SSSR count). The van der Waals surface area contributed by atoms with Crippen LogP contribution in [0.4, 0.5) is 5.69 Å². The summed E-state index contributed by atoms with van der Waals surface area (Å²) in [5.41, 5.74) is 4.94. The van der Waals surface area contributed by atoms with Gasteiger partial charge in [-0.15, -0.1) is 0 Å². The predicted octanol–water partition coefficient (Wildman–Crippen LogP) is 2.99. The van der Waals surface area contributed by atoms with Crippen LogP contribution in [0.2, 0.25) is 0 Å². The molecule has 0 bridgehead atoms. The van der Waals surface area contributed by atoms with Gasteiger partial charge in [0.15, 0.2) is 0 Å². The van der Waals surface area contributed by atoms with Crippen LogP contribution in [-0.2, 0) is 11.2 Å². The Morgan fingerprint density at radius 3 is 2.67 bits per heavy atom. The van der Waals surface area contributed by atoms with E-state index in [9.17, 15) is 9.59 Å². The van der Waals surface area contributed by atoms with Gasteiger partial charge < -0.3 is 5.32 Å². The monoisotopic (exact) mass is 243 g/mol. The van der Waals surface area contributed by atoms with E-state index < -0.39 is 5.91 Å². The summed E-state index contributed by atoms with van der Waals surface area (Å²) in [6.07, 6.45) is 1.89. The lowest BCUT2D eigenvalue weighted by Crippen LogP contribution is -2.13. The van der Waals surface area contributed by atoms with Crippen molar-refractivity contribution >= 4 is 17.4 Å². The summed E-state index contributed by atoms with van der Waals surface area (Å²) in [7, 11) is 0. The number of nitrogens with one attached hydrogen (secondary N) is 1. The summed E-state index contributed by atoms with van der Waals surface area (Å²) in [5.74, 6) is 0.0929. The molecule has 2 unspecified atom stereocenters. The lowest BCUT2D eigenvalue weighted by molar-refractivity contribution is -0.112.